The van der Waals surface area contributed by atoms with Gasteiger partial charge in [-0.1, -0.05) is 152 Å². The highest BCUT2D eigenvalue weighted by molar-refractivity contribution is 8.49. The molecule has 0 aromatic heterocycles. The molecule has 47 heavy (non-hydrogen) atoms. The smallest absolute Gasteiger partial charge is 0.160 e. The van der Waals surface area contributed by atoms with Crippen LogP contribution in [0.1, 0.15) is 60.8 Å². The molecule has 7 fully saturated rings. The molecule has 0 amide bonds. The second-order valence-electron chi connectivity index (χ2n) is 16.6. The van der Waals surface area contributed by atoms with Crippen LogP contribution in [0.2, 0.25) is 0 Å². The molecule has 228 valence electrons. The molecular weight excluding hydrogens is 582 g/mol. The van der Waals surface area contributed by atoms with E-state index in [-0.39, 0.29) is 15.3 Å². The minimum absolute atomic E-state index is 0.0638. The molecule has 5 atom stereocenters. The maximum atomic E-state index is 2.59. The summed E-state index contributed by atoms with van der Waals surface area (Å²) in [5.41, 5.74) is 11.9. The average molecular weight is 623 g/mol. The topological polar surface area (TPSA) is 0 Å². The van der Waals surface area contributed by atoms with Crippen molar-refractivity contribution in [2.24, 2.45) is 23.2 Å². The first-order valence-corrected chi connectivity index (χ1v) is 20.2. The van der Waals surface area contributed by atoms with Gasteiger partial charge in [0.15, 0.2) is 0 Å². The van der Waals surface area contributed by atoms with E-state index in [0.29, 0.717) is 5.41 Å². The molecule has 13 rings (SSSR count). The van der Waals surface area contributed by atoms with Crippen molar-refractivity contribution in [2.45, 2.75) is 53.8 Å². The molecule has 8 aliphatic rings. The molecule has 1 unspecified atom stereocenters. The zero-order valence-electron chi connectivity index (χ0n) is 26.9. The SMILES string of the molecule is c1ccc(C2=C(c3ccccc3)[C@@]3(c4ccccc4)[C@@]4(c5ccccc5)[B@@-]5(c6ccccc6)[C@]2(C26CC7CC(CC(C7)C2)C6)[P+]534)cc1. The third-order valence-electron chi connectivity index (χ3n) is 15.5. The number of fused-ring (bicyclic) bond motifs is 3. The van der Waals surface area contributed by atoms with Crippen molar-refractivity contribution < 1.29 is 0 Å². The van der Waals surface area contributed by atoms with Gasteiger partial charge in [0.2, 0.25) is 0 Å². The molecule has 4 heterocycles. The van der Waals surface area contributed by atoms with Crippen LogP contribution in [-0.4, -0.2) is 10.9 Å². The molecule has 0 N–H and O–H groups in total. The minimum atomic E-state index is -1.67. The van der Waals surface area contributed by atoms with E-state index in [4.69, 9.17) is 0 Å². The van der Waals surface area contributed by atoms with Gasteiger partial charge in [0, 0.05) is 15.7 Å². The average Bonchev–Trinajstić information content (AvgIpc) is 4.03. The Morgan fingerprint density at radius 3 is 1.38 bits per heavy atom. The first kappa shape index (κ1) is 26.3. The van der Waals surface area contributed by atoms with E-state index in [2.05, 4.69) is 152 Å². The zero-order valence-corrected chi connectivity index (χ0v) is 27.8. The van der Waals surface area contributed by atoms with Gasteiger partial charge in [-0.2, -0.15) is 12.6 Å². The highest BCUT2D eigenvalue weighted by Crippen LogP contribution is 3.46. The molecule has 5 aromatic carbocycles. The lowest BCUT2D eigenvalue weighted by Crippen LogP contribution is -2.65. The molecule has 5 aromatic rings. The standard InChI is InChI=1S/C45H40BP/c1-6-16-35(17-7-1)40-41(36-18-8-2-9-19-36)45(42-29-32-26-33(30-42)28-34(27-32)31-42)46(39-24-14-5-15-25-39)44(38-22-12-4-13-23-38)43(40,47(44,45)46)37-20-10-3-11-21-37/h1-25,32-34H,26-31H2/t32?,33?,34?,42?,43-,44-,45-,46-,47?/m0/s1. The molecule has 0 nitrogen and oxygen atoms in total. The van der Waals surface area contributed by atoms with E-state index in [1.54, 1.807) is 27.7 Å². The van der Waals surface area contributed by atoms with Gasteiger partial charge in [-0.3, -0.25) is 0 Å². The van der Waals surface area contributed by atoms with Crippen molar-refractivity contribution in [2.75, 3.05) is 0 Å². The second-order valence-corrected chi connectivity index (χ2v) is 20.9. The van der Waals surface area contributed by atoms with Crippen LogP contribution in [0, 0.1) is 23.2 Å². The summed E-state index contributed by atoms with van der Waals surface area (Å²) < 4.78 is 0. The summed E-state index contributed by atoms with van der Waals surface area (Å²) in [7, 11) is -1.67. The Morgan fingerprint density at radius 1 is 0.447 bits per heavy atom. The highest BCUT2D eigenvalue weighted by Gasteiger charge is 3.36. The van der Waals surface area contributed by atoms with E-state index in [0.717, 1.165) is 17.8 Å². The van der Waals surface area contributed by atoms with Gasteiger partial charge < -0.3 is 0 Å². The summed E-state index contributed by atoms with van der Waals surface area (Å²) in [5, 5.41) is 0.556. The van der Waals surface area contributed by atoms with Crippen molar-refractivity contribution in [3.05, 3.63) is 174 Å². The van der Waals surface area contributed by atoms with Crippen molar-refractivity contribution in [1.82, 2.24) is 0 Å². The van der Waals surface area contributed by atoms with Crippen LogP contribution in [0.5, 0.6) is 0 Å². The van der Waals surface area contributed by atoms with E-state index in [1.165, 1.54) is 49.7 Å². The van der Waals surface area contributed by atoms with E-state index >= 15 is 0 Å². The Hall–Kier alpha value is -3.67. The van der Waals surface area contributed by atoms with Crippen LogP contribution in [0.15, 0.2) is 152 Å². The molecule has 2 heteroatoms. The predicted octanol–water partition coefficient (Wildman–Crippen LogP) is 10.3. The summed E-state index contributed by atoms with van der Waals surface area (Å²) in [6.07, 6.45) is 8.88. The Kier molecular flexibility index (Phi) is 4.65. The van der Waals surface area contributed by atoms with E-state index in [9.17, 15) is 0 Å². The number of benzene rings is 5. The van der Waals surface area contributed by atoms with E-state index < -0.39 is 13.0 Å². The van der Waals surface area contributed by atoms with Gasteiger partial charge in [-0.05, 0) is 89.5 Å². The van der Waals surface area contributed by atoms with Crippen LogP contribution in [0.25, 0.3) is 11.1 Å². The Morgan fingerprint density at radius 2 is 0.872 bits per heavy atom. The quantitative estimate of drug-likeness (QED) is 0.131. The molecule has 4 bridgehead atoms. The van der Waals surface area contributed by atoms with Gasteiger partial charge in [-0.15, -0.1) is 0 Å². The van der Waals surface area contributed by atoms with Crippen LogP contribution >= 0.6 is 7.14 Å². The number of hydrogen-bond donors (Lipinski definition) is 0. The van der Waals surface area contributed by atoms with Gasteiger partial charge in [0.25, 0.3) is 5.87 Å². The lowest BCUT2D eigenvalue weighted by Gasteiger charge is -2.63. The number of hydrogen-bond acceptors (Lipinski definition) is 0. The first-order chi connectivity index (χ1) is 23.3. The fraction of sp³-hybridized carbons (Fsp3) is 0.289. The molecule has 4 aliphatic carbocycles. The lowest BCUT2D eigenvalue weighted by atomic mass is 9.19. The van der Waals surface area contributed by atoms with Crippen LogP contribution in [-0.2, 0) is 10.2 Å². The van der Waals surface area contributed by atoms with Crippen molar-refractivity contribution >= 4 is 29.6 Å². The Bertz CT molecular complexity index is 2090. The van der Waals surface area contributed by atoms with Gasteiger partial charge >= 0.3 is 0 Å². The maximum Gasteiger partial charge on any atom is 0.277 e. The van der Waals surface area contributed by atoms with Crippen LogP contribution in [0.4, 0.5) is 0 Å². The van der Waals surface area contributed by atoms with Crippen LogP contribution in [0.3, 0.4) is 0 Å². The summed E-state index contributed by atoms with van der Waals surface area (Å²) in [6.45, 7) is 0. The fourth-order valence-corrected chi connectivity index (χ4v) is 27.4. The molecule has 4 aliphatic heterocycles. The van der Waals surface area contributed by atoms with E-state index in [1.807, 2.05) is 0 Å². The molecule has 1 spiro atoms. The van der Waals surface area contributed by atoms with Crippen molar-refractivity contribution in [1.29, 1.82) is 0 Å². The largest absolute Gasteiger partial charge is 0.277 e. The predicted molar refractivity (Wildman–Crippen MR) is 198 cm³/mol. The fourth-order valence-electron chi connectivity index (χ4n) is 15.8. The van der Waals surface area contributed by atoms with Crippen molar-refractivity contribution in [3.8, 4) is 0 Å². The molecular formula is C45H40BP. The third kappa shape index (κ3) is 2.35. The van der Waals surface area contributed by atoms with Crippen molar-refractivity contribution in [3.63, 3.8) is 0 Å². The maximum absolute atomic E-state index is 2.59. The Labute approximate surface area is 279 Å². The number of allylic oxidation sites excluding steroid dienone is 2. The van der Waals surface area contributed by atoms with Crippen LogP contribution < -0.4 is 5.46 Å². The highest BCUT2D eigenvalue weighted by atomic mass is 31.2. The minimum Gasteiger partial charge on any atom is -0.160 e. The molecule has 0 radical (unpaired) electrons. The summed E-state index contributed by atoms with van der Waals surface area (Å²) in [6, 6.07) is 59.9. The van der Waals surface area contributed by atoms with Gasteiger partial charge in [0.05, 0.1) is 5.16 Å². The summed E-state index contributed by atoms with van der Waals surface area (Å²) in [4.78, 5) is 0. The van der Waals surface area contributed by atoms with Gasteiger partial charge in [0.1, 0.15) is 0 Å². The zero-order chi connectivity index (χ0) is 30.7. The Balaban J connectivity index is 1.29. The molecule has 4 saturated carbocycles. The normalized spacial score (nSPS) is 42.2. The van der Waals surface area contributed by atoms with Gasteiger partial charge in [-0.25, -0.2) is 0 Å². The third-order valence-corrected chi connectivity index (χ3v) is 23.1. The summed E-state index contributed by atoms with van der Waals surface area (Å²) >= 11 is 0. The lowest BCUT2D eigenvalue weighted by molar-refractivity contribution is -0.0527. The number of rotatable bonds is 6. The summed E-state index contributed by atoms with van der Waals surface area (Å²) in [5.74, 6) is 1.96. The first-order valence-electron chi connectivity index (χ1n) is 18.3. The monoisotopic (exact) mass is 622 g/mol. The second kappa shape index (κ2) is 8.30. The molecule has 3 saturated heterocycles.